The van der Waals surface area contributed by atoms with E-state index in [2.05, 4.69) is 19.1 Å². The van der Waals surface area contributed by atoms with Crippen LogP contribution in [0.1, 0.15) is 34.3 Å². The zero-order valence-corrected chi connectivity index (χ0v) is 19.9. The highest BCUT2D eigenvalue weighted by Gasteiger charge is 2.29. The van der Waals surface area contributed by atoms with Crippen molar-refractivity contribution in [1.29, 1.82) is 0 Å². The van der Waals surface area contributed by atoms with E-state index in [1.165, 1.54) is 38.2 Å². The number of methoxy groups -OCH3 is 3. The molecular formula is C24H28N2O5S. The van der Waals surface area contributed by atoms with Crippen molar-refractivity contribution >= 4 is 32.6 Å². The maximum atomic E-state index is 13.8. The van der Waals surface area contributed by atoms with Crippen LogP contribution >= 0.6 is 11.3 Å². The monoisotopic (exact) mass is 456 g/mol. The van der Waals surface area contributed by atoms with Gasteiger partial charge in [0.15, 0.2) is 16.6 Å². The quantitative estimate of drug-likeness (QED) is 0.510. The molecule has 0 bridgehead atoms. The van der Waals surface area contributed by atoms with Crippen molar-refractivity contribution in [2.45, 2.75) is 32.8 Å². The topological polar surface area (TPSA) is 70.1 Å². The first kappa shape index (κ1) is 22.4. The summed E-state index contributed by atoms with van der Waals surface area (Å²) < 4.78 is 23.2. The average Bonchev–Trinajstić information content (AvgIpc) is 3.45. The van der Waals surface area contributed by atoms with Crippen molar-refractivity contribution in [2.75, 3.05) is 39.4 Å². The predicted octanol–water partition coefficient (Wildman–Crippen LogP) is 4.76. The van der Waals surface area contributed by atoms with Crippen molar-refractivity contribution in [3.8, 4) is 17.2 Å². The molecule has 0 N–H and O–H groups in total. The summed E-state index contributed by atoms with van der Waals surface area (Å²) in [6.45, 7) is 5.27. The fourth-order valence-corrected chi connectivity index (χ4v) is 5.22. The third-order valence-corrected chi connectivity index (χ3v) is 6.64. The molecule has 1 atom stereocenters. The highest BCUT2D eigenvalue weighted by atomic mass is 32.1. The van der Waals surface area contributed by atoms with E-state index in [0.29, 0.717) is 34.5 Å². The molecule has 32 heavy (non-hydrogen) atoms. The summed E-state index contributed by atoms with van der Waals surface area (Å²) in [5, 5.41) is 0.656. The Morgan fingerprint density at radius 2 is 1.84 bits per heavy atom. The van der Waals surface area contributed by atoms with Crippen molar-refractivity contribution in [3.63, 3.8) is 0 Å². The van der Waals surface area contributed by atoms with Gasteiger partial charge in [-0.05, 0) is 56.0 Å². The molecule has 0 spiro atoms. The van der Waals surface area contributed by atoms with Gasteiger partial charge >= 0.3 is 0 Å². The minimum Gasteiger partial charge on any atom is -0.493 e. The zero-order valence-electron chi connectivity index (χ0n) is 19.1. The Labute approximate surface area is 191 Å². The number of aryl methyl sites for hydroxylation is 2. The van der Waals surface area contributed by atoms with Crippen LogP contribution in [0.2, 0.25) is 0 Å². The second-order valence-electron chi connectivity index (χ2n) is 7.89. The van der Waals surface area contributed by atoms with Crippen LogP contribution in [0.5, 0.6) is 17.2 Å². The van der Waals surface area contributed by atoms with Crippen LogP contribution in [0.15, 0.2) is 24.3 Å². The smallest absolute Gasteiger partial charge is 0.260 e. The molecule has 0 radical (unpaired) electrons. The number of fused-ring (bicyclic) bond motifs is 1. The molecule has 4 rings (SSSR count). The molecular weight excluding hydrogens is 428 g/mol. The summed E-state index contributed by atoms with van der Waals surface area (Å²) in [5.41, 5.74) is 3.63. The van der Waals surface area contributed by atoms with Crippen molar-refractivity contribution in [3.05, 3.63) is 41.0 Å². The van der Waals surface area contributed by atoms with Crippen molar-refractivity contribution < 1.29 is 23.7 Å². The van der Waals surface area contributed by atoms with Gasteiger partial charge < -0.3 is 18.9 Å². The largest absolute Gasteiger partial charge is 0.493 e. The molecule has 0 aliphatic carbocycles. The second-order valence-corrected chi connectivity index (χ2v) is 8.90. The number of thiazole rings is 1. The SMILES string of the molecule is COc1cc(C(=O)N(CC2CCCO2)c2nc3c(C)cc(C)cc3s2)cc(OC)c1OC. The number of benzene rings is 2. The average molecular weight is 457 g/mol. The van der Waals surface area contributed by atoms with E-state index in [9.17, 15) is 4.79 Å². The number of carbonyl (C=O) groups excluding carboxylic acids is 1. The Balaban J connectivity index is 1.79. The number of hydrogen-bond donors (Lipinski definition) is 0. The van der Waals surface area contributed by atoms with Crippen molar-refractivity contribution in [2.24, 2.45) is 0 Å². The van der Waals surface area contributed by atoms with Gasteiger partial charge in [0, 0.05) is 12.2 Å². The van der Waals surface area contributed by atoms with Gasteiger partial charge in [-0.25, -0.2) is 4.98 Å². The van der Waals surface area contributed by atoms with E-state index in [0.717, 1.165) is 35.2 Å². The lowest BCUT2D eigenvalue weighted by atomic mass is 10.1. The van der Waals surface area contributed by atoms with Gasteiger partial charge in [-0.2, -0.15) is 0 Å². The molecule has 1 aliphatic heterocycles. The minimum absolute atomic E-state index is 0.0177. The van der Waals surface area contributed by atoms with Crippen LogP contribution in [0.4, 0.5) is 5.13 Å². The molecule has 8 heteroatoms. The predicted molar refractivity (Wildman–Crippen MR) is 126 cm³/mol. The molecule has 1 saturated heterocycles. The highest BCUT2D eigenvalue weighted by Crippen LogP contribution is 2.39. The van der Waals surface area contributed by atoms with Gasteiger partial charge in [-0.1, -0.05) is 17.4 Å². The number of amides is 1. The van der Waals surface area contributed by atoms with Gasteiger partial charge in [0.05, 0.1) is 44.2 Å². The van der Waals surface area contributed by atoms with E-state index < -0.39 is 0 Å². The first-order valence-corrected chi connectivity index (χ1v) is 11.4. The van der Waals surface area contributed by atoms with Crippen LogP contribution < -0.4 is 19.1 Å². The standard InChI is InChI=1S/C24H28N2O5S/c1-14-9-15(2)21-20(10-14)32-24(25-21)26(13-17-7-6-8-31-17)23(27)16-11-18(28-3)22(30-5)19(12-16)29-4/h9-12,17H,6-8,13H2,1-5H3. The third kappa shape index (κ3) is 4.25. The molecule has 7 nitrogen and oxygen atoms in total. The highest BCUT2D eigenvalue weighted by molar-refractivity contribution is 7.22. The van der Waals surface area contributed by atoms with Gasteiger partial charge in [-0.15, -0.1) is 0 Å². The van der Waals surface area contributed by atoms with Crippen LogP contribution in [0.25, 0.3) is 10.2 Å². The Morgan fingerprint density at radius 1 is 1.12 bits per heavy atom. The van der Waals surface area contributed by atoms with E-state index in [1.54, 1.807) is 17.0 Å². The molecule has 170 valence electrons. The third-order valence-electron chi connectivity index (χ3n) is 5.62. The van der Waals surface area contributed by atoms with E-state index in [-0.39, 0.29) is 12.0 Å². The van der Waals surface area contributed by atoms with Crippen LogP contribution in [-0.2, 0) is 4.74 Å². The molecule has 0 saturated carbocycles. The zero-order chi connectivity index (χ0) is 22.8. The molecule has 2 heterocycles. The van der Waals surface area contributed by atoms with E-state index in [1.807, 2.05) is 6.92 Å². The van der Waals surface area contributed by atoms with E-state index >= 15 is 0 Å². The number of carbonyl (C=O) groups is 1. The molecule has 1 unspecified atom stereocenters. The van der Waals surface area contributed by atoms with Gasteiger partial charge in [0.25, 0.3) is 5.91 Å². The summed E-state index contributed by atoms with van der Waals surface area (Å²) in [5.74, 6) is 1.13. The fourth-order valence-electron chi connectivity index (χ4n) is 4.07. The van der Waals surface area contributed by atoms with E-state index in [4.69, 9.17) is 23.9 Å². The summed E-state index contributed by atoms with van der Waals surface area (Å²) in [6.07, 6.45) is 1.90. The summed E-state index contributed by atoms with van der Waals surface area (Å²) in [4.78, 5) is 20.3. The second kappa shape index (κ2) is 9.34. The maximum Gasteiger partial charge on any atom is 0.260 e. The first-order chi connectivity index (χ1) is 15.4. The molecule has 1 aromatic heterocycles. The lowest BCUT2D eigenvalue weighted by Gasteiger charge is -2.24. The van der Waals surface area contributed by atoms with Crippen LogP contribution in [0.3, 0.4) is 0 Å². The first-order valence-electron chi connectivity index (χ1n) is 10.6. The van der Waals surface area contributed by atoms with Crippen LogP contribution in [-0.4, -0.2) is 51.5 Å². The molecule has 2 aromatic carbocycles. The lowest BCUT2D eigenvalue weighted by Crippen LogP contribution is -2.37. The number of anilines is 1. The number of hydrogen-bond acceptors (Lipinski definition) is 7. The number of aromatic nitrogens is 1. The summed E-state index contributed by atoms with van der Waals surface area (Å²) in [7, 11) is 4.61. The Bertz CT molecular complexity index is 1110. The lowest BCUT2D eigenvalue weighted by molar-refractivity contribution is 0.0917. The Hall–Kier alpha value is -2.84. The maximum absolute atomic E-state index is 13.8. The summed E-state index contributed by atoms with van der Waals surface area (Å²) >= 11 is 1.52. The normalized spacial score (nSPS) is 15.7. The molecule has 1 fully saturated rings. The van der Waals surface area contributed by atoms with Gasteiger partial charge in [0.1, 0.15) is 0 Å². The van der Waals surface area contributed by atoms with Crippen LogP contribution in [0, 0.1) is 13.8 Å². The Kier molecular flexibility index (Phi) is 6.53. The Morgan fingerprint density at radius 3 is 2.44 bits per heavy atom. The molecule has 3 aromatic rings. The molecule has 1 amide bonds. The summed E-state index contributed by atoms with van der Waals surface area (Å²) in [6, 6.07) is 7.57. The fraction of sp³-hybridized carbons (Fsp3) is 0.417. The van der Waals surface area contributed by atoms with Gasteiger partial charge in [0.2, 0.25) is 5.75 Å². The number of ether oxygens (including phenoxy) is 4. The number of rotatable bonds is 7. The minimum atomic E-state index is -0.187. The van der Waals surface area contributed by atoms with Gasteiger partial charge in [-0.3, -0.25) is 9.69 Å². The number of nitrogens with zero attached hydrogens (tertiary/aromatic N) is 2. The molecule has 1 aliphatic rings. The van der Waals surface area contributed by atoms with Crippen molar-refractivity contribution in [1.82, 2.24) is 4.98 Å².